The molecular formula is C29H32O3. The molecule has 166 valence electrons. The Kier molecular flexibility index (Phi) is 5.06. The van der Waals surface area contributed by atoms with Crippen molar-refractivity contribution in [1.82, 2.24) is 0 Å². The quantitative estimate of drug-likeness (QED) is 0.451. The van der Waals surface area contributed by atoms with Gasteiger partial charge in [-0.15, -0.1) is 6.42 Å². The summed E-state index contributed by atoms with van der Waals surface area (Å²) in [7, 11) is 1.77. The molecule has 0 heterocycles. The van der Waals surface area contributed by atoms with Gasteiger partial charge in [0.1, 0.15) is 5.60 Å². The number of Topliss-reactive ketones (excluding diaryl/α,β-unsaturated/α-hetero) is 1. The number of hydrogen-bond acceptors (Lipinski definition) is 3. The number of methoxy groups -OCH3 is 1. The number of ketones is 2. The number of rotatable bonds is 3. The zero-order valence-corrected chi connectivity index (χ0v) is 19.4. The van der Waals surface area contributed by atoms with Gasteiger partial charge in [0.2, 0.25) is 0 Å². The maximum atomic E-state index is 12.2. The van der Waals surface area contributed by atoms with Gasteiger partial charge in [-0.05, 0) is 80.1 Å². The van der Waals surface area contributed by atoms with E-state index in [4.69, 9.17) is 11.2 Å². The van der Waals surface area contributed by atoms with Crippen molar-refractivity contribution in [3.63, 3.8) is 0 Å². The van der Waals surface area contributed by atoms with E-state index in [2.05, 4.69) is 25.0 Å². The van der Waals surface area contributed by atoms with Crippen LogP contribution in [0.5, 0.6) is 0 Å². The van der Waals surface area contributed by atoms with Crippen LogP contribution >= 0.6 is 0 Å². The van der Waals surface area contributed by atoms with Gasteiger partial charge in [-0.25, -0.2) is 0 Å². The molecule has 0 spiro atoms. The average molecular weight is 429 g/mol. The predicted molar refractivity (Wildman–Crippen MR) is 125 cm³/mol. The van der Waals surface area contributed by atoms with Crippen LogP contribution in [0.25, 0.3) is 0 Å². The number of ether oxygens (including phenoxy) is 1. The molecule has 5 atom stereocenters. The van der Waals surface area contributed by atoms with Crippen molar-refractivity contribution in [2.24, 2.45) is 17.3 Å². The van der Waals surface area contributed by atoms with Crippen molar-refractivity contribution in [2.75, 3.05) is 7.11 Å². The third kappa shape index (κ3) is 2.92. The minimum Gasteiger partial charge on any atom is -0.365 e. The summed E-state index contributed by atoms with van der Waals surface area (Å²) in [6.07, 6.45) is 14.5. The molecule has 5 unspecified atom stereocenters. The summed E-state index contributed by atoms with van der Waals surface area (Å²) in [6, 6.07) is 8.16. The molecule has 0 radical (unpaired) electrons. The van der Waals surface area contributed by atoms with Crippen molar-refractivity contribution in [2.45, 2.75) is 70.3 Å². The van der Waals surface area contributed by atoms with E-state index < -0.39 is 5.60 Å². The van der Waals surface area contributed by atoms with Crippen molar-refractivity contribution in [1.29, 1.82) is 0 Å². The lowest BCUT2D eigenvalue weighted by molar-refractivity contribution is -0.114. The van der Waals surface area contributed by atoms with Crippen LogP contribution in [0.2, 0.25) is 0 Å². The molecule has 3 heteroatoms. The second kappa shape index (κ2) is 7.56. The number of terminal acetylenes is 1. The summed E-state index contributed by atoms with van der Waals surface area (Å²) in [4.78, 5) is 24.0. The van der Waals surface area contributed by atoms with Gasteiger partial charge in [0.05, 0.1) is 0 Å². The Morgan fingerprint density at radius 3 is 2.56 bits per heavy atom. The molecule has 0 aromatic heterocycles. The number of hydrogen-bond donors (Lipinski definition) is 0. The minimum atomic E-state index is -0.538. The lowest BCUT2D eigenvalue weighted by atomic mass is 9.51. The molecule has 1 aromatic carbocycles. The predicted octanol–water partition coefficient (Wildman–Crippen LogP) is 5.81. The molecule has 3 nitrogen and oxygen atoms in total. The van der Waals surface area contributed by atoms with Crippen LogP contribution in [0.3, 0.4) is 0 Å². The van der Waals surface area contributed by atoms with E-state index in [-0.39, 0.29) is 22.9 Å². The molecule has 0 bridgehead atoms. The summed E-state index contributed by atoms with van der Waals surface area (Å²) in [5.74, 6) is 4.62. The highest BCUT2D eigenvalue weighted by Crippen LogP contribution is 2.67. The molecule has 0 aliphatic heterocycles. The molecule has 5 rings (SSSR count). The Labute approximate surface area is 191 Å². The van der Waals surface area contributed by atoms with E-state index in [0.717, 1.165) is 44.1 Å². The summed E-state index contributed by atoms with van der Waals surface area (Å²) in [5.41, 5.74) is 5.57. The van der Waals surface area contributed by atoms with Gasteiger partial charge in [0, 0.05) is 30.4 Å². The third-order valence-electron chi connectivity index (χ3n) is 9.16. The molecule has 2 fully saturated rings. The van der Waals surface area contributed by atoms with Crippen LogP contribution in [-0.2, 0) is 9.53 Å². The van der Waals surface area contributed by atoms with Crippen LogP contribution in [-0.4, -0.2) is 24.3 Å². The van der Waals surface area contributed by atoms with E-state index in [1.165, 1.54) is 22.3 Å². The normalized spacial score (nSPS) is 36.0. The Bertz CT molecular complexity index is 1080. The fourth-order valence-corrected chi connectivity index (χ4v) is 7.53. The van der Waals surface area contributed by atoms with E-state index >= 15 is 0 Å². The zero-order valence-electron chi connectivity index (χ0n) is 19.4. The van der Waals surface area contributed by atoms with E-state index in [0.29, 0.717) is 18.3 Å². The summed E-state index contributed by atoms with van der Waals surface area (Å²) in [6.45, 7) is 3.96. The third-order valence-corrected chi connectivity index (χ3v) is 9.16. The molecule has 4 aliphatic carbocycles. The maximum absolute atomic E-state index is 12.2. The highest BCUT2D eigenvalue weighted by atomic mass is 16.5. The van der Waals surface area contributed by atoms with E-state index in [1.807, 2.05) is 18.2 Å². The first-order valence-corrected chi connectivity index (χ1v) is 11.9. The number of benzene rings is 1. The highest BCUT2D eigenvalue weighted by Gasteiger charge is 2.63. The standard InChI is InChI=1S/C29H32O3/c1-5-29(32-4)15-14-26-24-12-10-21-16-22(31)11-13-23(21)27(24)25(17-28(26,29)3)20-8-6-19(7-9-20)18(2)30/h1,6-9,16,24-26H,10-15,17H2,2-4H3. The molecule has 4 aliphatic rings. The smallest absolute Gasteiger partial charge is 0.159 e. The number of carbonyl (C=O) groups excluding carboxylic acids is 2. The molecular weight excluding hydrogens is 396 g/mol. The monoisotopic (exact) mass is 428 g/mol. The molecule has 2 saturated carbocycles. The number of allylic oxidation sites excluding steroid dienone is 4. The van der Waals surface area contributed by atoms with Crippen molar-refractivity contribution in [3.05, 3.63) is 58.2 Å². The van der Waals surface area contributed by atoms with Gasteiger partial charge in [0.15, 0.2) is 11.6 Å². The lowest BCUT2D eigenvalue weighted by Gasteiger charge is -2.54. The van der Waals surface area contributed by atoms with Crippen LogP contribution in [0.4, 0.5) is 0 Å². The van der Waals surface area contributed by atoms with Crippen molar-refractivity contribution < 1.29 is 14.3 Å². The first kappa shape index (κ1) is 21.4. The molecule has 0 amide bonds. The molecule has 0 saturated heterocycles. The van der Waals surface area contributed by atoms with E-state index in [9.17, 15) is 9.59 Å². The SMILES string of the molecule is C#CC1(OC)CCC2C3CCC4=CC(=O)CCC4=C3C(c3ccc(C(C)=O)cc3)CC21C. The summed E-state index contributed by atoms with van der Waals surface area (Å²) < 4.78 is 6.10. The Morgan fingerprint density at radius 2 is 1.91 bits per heavy atom. The van der Waals surface area contributed by atoms with Gasteiger partial charge >= 0.3 is 0 Å². The minimum absolute atomic E-state index is 0.0855. The average Bonchev–Trinajstić information content (AvgIpc) is 3.10. The first-order valence-electron chi connectivity index (χ1n) is 11.9. The van der Waals surface area contributed by atoms with Crippen LogP contribution in [0.15, 0.2) is 47.1 Å². The molecule has 0 N–H and O–H groups in total. The molecule has 32 heavy (non-hydrogen) atoms. The Morgan fingerprint density at radius 1 is 1.16 bits per heavy atom. The van der Waals surface area contributed by atoms with Gasteiger partial charge < -0.3 is 4.74 Å². The second-order valence-corrected chi connectivity index (χ2v) is 10.4. The summed E-state index contributed by atoms with van der Waals surface area (Å²) in [5, 5.41) is 0. The maximum Gasteiger partial charge on any atom is 0.159 e. The first-order chi connectivity index (χ1) is 15.3. The summed E-state index contributed by atoms with van der Waals surface area (Å²) >= 11 is 0. The fourth-order valence-electron chi connectivity index (χ4n) is 7.53. The van der Waals surface area contributed by atoms with Gasteiger partial charge in [-0.2, -0.15) is 0 Å². The van der Waals surface area contributed by atoms with Gasteiger partial charge in [-0.1, -0.05) is 42.7 Å². The van der Waals surface area contributed by atoms with Crippen molar-refractivity contribution >= 4 is 11.6 Å². The fraction of sp³-hybridized carbons (Fsp3) is 0.517. The van der Waals surface area contributed by atoms with Gasteiger partial charge in [-0.3, -0.25) is 9.59 Å². The molecule has 1 aromatic rings. The topological polar surface area (TPSA) is 43.4 Å². The lowest BCUT2D eigenvalue weighted by Crippen LogP contribution is -2.51. The van der Waals surface area contributed by atoms with Crippen LogP contribution < -0.4 is 0 Å². The highest BCUT2D eigenvalue weighted by molar-refractivity contribution is 5.94. The van der Waals surface area contributed by atoms with Gasteiger partial charge in [0.25, 0.3) is 0 Å². The number of carbonyl (C=O) groups is 2. The van der Waals surface area contributed by atoms with Crippen molar-refractivity contribution in [3.8, 4) is 12.3 Å². The van der Waals surface area contributed by atoms with Crippen LogP contribution in [0.1, 0.15) is 80.6 Å². The number of fused-ring (bicyclic) bond motifs is 4. The van der Waals surface area contributed by atoms with Crippen LogP contribution in [0, 0.1) is 29.6 Å². The van der Waals surface area contributed by atoms with E-state index in [1.54, 1.807) is 14.0 Å². The largest absolute Gasteiger partial charge is 0.365 e. The zero-order chi connectivity index (χ0) is 22.7. The Hall–Kier alpha value is -2.44. The second-order valence-electron chi connectivity index (χ2n) is 10.4. The Balaban J connectivity index is 1.68.